The van der Waals surface area contributed by atoms with E-state index in [-0.39, 0.29) is 0 Å². The zero-order chi connectivity index (χ0) is 12.6. The van der Waals surface area contributed by atoms with Crippen molar-refractivity contribution in [2.24, 2.45) is 11.8 Å². The first-order valence-electron chi connectivity index (χ1n) is 6.83. The molecule has 0 heterocycles. The lowest BCUT2D eigenvalue weighted by atomic mass is 9.80. The van der Waals surface area contributed by atoms with Crippen LogP contribution in [0.25, 0.3) is 0 Å². The molecule has 0 radical (unpaired) electrons. The van der Waals surface area contributed by atoms with Gasteiger partial charge < -0.3 is 5.32 Å². The van der Waals surface area contributed by atoms with E-state index < -0.39 is 0 Å². The van der Waals surface area contributed by atoms with E-state index in [2.05, 4.69) is 19.2 Å². The zero-order valence-corrected chi connectivity index (χ0v) is 11.7. The van der Waals surface area contributed by atoms with Gasteiger partial charge in [0.1, 0.15) is 5.78 Å². The Bertz CT molecular complexity index is 181. The molecule has 1 fully saturated rings. The minimum absolute atomic E-state index is 0.366. The number of carbonyl (C=O) groups excluding carboxylic acids is 1. The molecule has 0 aromatic rings. The van der Waals surface area contributed by atoms with Gasteiger partial charge in [-0.15, -0.1) is 0 Å². The third-order valence-corrected chi connectivity index (χ3v) is 3.24. The number of hydrogen-bond acceptors (Lipinski definition) is 2. The number of carbonyl (C=O) groups is 1. The molecule has 1 aliphatic rings. The van der Waals surface area contributed by atoms with Gasteiger partial charge >= 0.3 is 0 Å². The van der Waals surface area contributed by atoms with Crippen LogP contribution in [0.2, 0.25) is 0 Å². The van der Waals surface area contributed by atoms with E-state index in [0.29, 0.717) is 17.7 Å². The van der Waals surface area contributed by atoms with E-state index >= 15 is 0 Å². The molecule has 2 heteroatoms. The summed E-state index contributed by atoms with van der Waals surface area (Å²) < 4.78 is 0. The van der Waals surface area contributed by atoms with Gasteiger partial charge in [0.2, 0.25) is 0 Å². The minimum atomic E-state index is 0.366. The Morgan fingerprint density at radius 2 is 1.69 bits per heavy atom. The van der Waals surface area contributed by atoms with Crippen LogP contribution in [0, 0.1) is 11.8 Å². The molecular formula is C14H29NO. The molecule has 16 heavy (non-hydrogen) atoms. The van der Waals surface area contributed by atoms with Gasteiger partial charge in [-0.05, 0) is 45.1 Å². The summed E-state index contributed by atoms with van der Waals surface area (Å²) in [5, 5.41) is 3.47. The second-order valence-corrected chi connectivity index (χ2v) is 4.89. The van der Waals surface area contributed by atoms with Gasteiger partial charge in [0, 0.05) is 12.0 Å². The normalized spacial score (nSPS) is 24.9. The summed E-state index contributed by atoms with van der Waals surface area (Å²) >= 11 is 0. The third kappa shape index (κ3) is 6.26. The standard InChI is InChI=1S/C12H23NO.C2H6/c1-9(2)13-8-11-4-6-12(7-5-11)10(3)14;1-2/h9,11-13H,4-8H2,1-3H3;1-2H3. The molecule has 0 atom stereocenters. The van der Waals surface area contributed by atoms with Crippen LogP contribution in [-0.4, -0.2) is 18.4 Å². The molecule has 96 valence electrons. The smallest absolute Gasteiger partial charge is 0.132 e. The van der Waals surface area contributed by atoms with Crippen LogP contribution in [0.1, 0.15) is 60.3 Å². The highest BCUT2D eigenvalue weighted by Gasteiger charge is 2.23. The van der Waals surface area contributed by atoms with Gasteiger partial charge in [-0.25, -0.2) is 0 Å². The van der Waals surface area contributed by atoms with E-state index in [1.807, 2.05) is 13.8 Å². The van der Waals surface area contributed by atoms with Gasteiger partial charge in [-0.1, -0.05) is 27.7 Å². The monoisotopic (exact) mass is 227 g/mol. The third-order valence-electron chi connectivity index (χ3n) is 3.24. The molecule has 1 aliphatic carbocycles. The van der Waals surface area contributed by atoms with Crippen LogP contribution in [0.4, 0.5) is 0 Å². The Balaban J connectivity index is 0.00000106. The number of ketones is 1. The highest BCUT2D eigenvalue weighted by Crippen LogP contribution is 2.28. The molecule has 1 saturated carbocycles. The van der Waals surface area contributed by atoms with Crippen LogP contribution >= 0.6 is 0 Å². The lowest BCUT2D eigenvalue weighted by Gasteiger charge is -2.27. The zero-order valence-electron chi connectivity index (χ0n) is 11.7. The lowest BCUT2D eigenvalue weighted by Crippen LogP contribution is -2.31. The van der Waals surface area contributed by atoms with E-state index in [0.717, 1.165) is 25.3 Å². The summed E-state index contributed by atoms with van der Waals surface area (Å²) in [4.78, 5) is 11.2. The van der Waals surface area contributed by atoms with Crippen molar-refractivity contribution >= 4 is 5.78 Å². The van der Waals surface area contributed by atoms with Crippen LogP contribution in [0.5, 0.6) is 0 Å². The maximum atomic E-state index is 11.2. The van der Waals surface area contributed by atoms with E-state index in [4.69, 9.17) is 0 Å². The van der Waals surface area contributed by atoms with Gasteiger partial charge in [0.15, 0.2) is 0 Å². The van der Waals surface area contributed by atoms with E-state index in [9.17, 15) is 4.79 Å². The maximum absolute atomic E-state index is 11.2. The second-order valence-electron chi connectivity index (χ2n) is 4.89. The van der Waals surface area contributed by atoms with Crippen LogP contribution < -0.4 is 5.32 Å². The topological polar surface area (TPSA) is 29.1 Å². The highest BCUT2D eigenvalue weighted by atomic mass is 16.1. The van der Waals surface area contributed by atoms with Crippen LogP contribution in [0.15, 0.2) is 0 Å². The van der Waals surface area contributed by atoms with Crippen LogP contribution in [0.3, 0.4) is 0 Å². The Kier molecular flexibility index (Phi) is 8.54. The lowest BCUT2D eigenvalue weighted by molar-refractivity contribution is -0.121. The first-order valence-corrected chi connectivity index (χ1v) is 6.83. The Labute approximate surface area is 101 Å². The average Bonchev–Trinajstić information content (AvgIpc) is 2.29. The fraction of sp³-hybridized carbons (Fsp3) is 0.929. The summed E-state index contributed by atoms with van der Waals surface area (Å²) in [6.07, 6.45) is 4.67. The molecule has 1 N–H and O–H groups in total. The predicted molar refractivity (Wildman–Crippen MR) is 70.6 cm³/mol. The molecule has 0 saturated heterocycles. The van der Waals surface area contributed by atoms with Gasteiger partial charge in [-0.3, -0.25) is 4.79 Å². The molecule has 0 spiro atoms. The van der Waals surface area contributed by atoms with E-state index in [1.165, 1.54) is 12.8 Å². The summed E-state index contributed by atoms with van der Waals surface area (Å²) in [5.74, 6) is 1.55. The molecular weight excluding hydrogens is 198 g/mol. The minimum Gasteiger partial charge on any atom is -0.314 e. The second kappa shape index (κ2) is 8.74. The quantitative estimate of drug-likeness (QED) is 0.797. The fourth-order valence-corrected chi connectivity index (χ4v) is 2.18. The number of rotatable bonds is 4. The fourth-order valence-electron chi connectivity index (χ4n) is 2.18. The van der Waals surface area contributed by atoms with Crippen molar-refractivity contribution in [3.63, 3.8) is 0 Å². The molecule has 0 unspecified atom stereocenters. The Morgan fingerprint density at radius 3 is 2.06 bits per heavy atom. The molecule has 1 rings (SSSR count). The Morgan fingerprint density at radius 1 is 1.19 bits per heavy atom. The van der Waals surface area contributed by atoms with Crippen molar-refractivity contribution in [2.45, 2.75) is 66.3 Å². The Hall–Kier alpha value is -0.370. The number of hydrogen-bond donors (Lipinski definition) is 1. The van der Waals surface area contributed by atoms with Crippen LogP contribution in [-0.2, 0) is 4.79 Å². The van der Waals surface area contributed by atoms with Crippen molar-refractivity contribution < 1.29 is 4.79 Å². The maximum Gasteiger partial charge on any atom is 0.132 e. The first kappa shape index (κ1) is 15.6. The van der Waals surface area contributed by atoms with Crippen molar-refractivity contribution in [2.75, 3.05) is 6.54 Å². The predicted octanol–water partition coefficient (Wildman–Crippen LogP) is 3.41. The number of nitrogens with one attached hydrogen (secondary N) is 1. The van der Waals surface area contributed by atoms with Gasteiger partial charge in [-0.2, -0.15) is 0 Å². The average molecular weight is 227 g/mol. The number of Topliss-reactive ketones (excluding diaryl/α,β-unsaturated/α-hetero) is 1. The highest BCUT2D eigenvalue weighted by molar-refractivity contribution is 5.78. The first-order chi connectivity index (χ1) is 7.59. The van der Waals surface area contributed by atoms with Gasteiger partial charge in [0.25, 0.3) is 0 Å². The SMILES string of the molecule is CC.CC(=O)C1CCC(CNC(C)C)CC1. The molecule has 0 bridgehead atoms. The van der Waals surface area contributed by atoms with Crippen molar-refractivity contribution in [1.82, 2.24) is 5.32 Å². The largest absolute Gasteiger partial charge is 0.314 e. The summed E-state index contributed by atoms with van der Waals surface area (Å²) in [5.41, 5.74) is 0. The molecule has 0 aromatic heterocycles. The summed E-state index contributed by atoms with van der Waals surface area (Å²) in [6, 6.07) is 0.584. The van der Waals surface area contributed by atoms with Crippen molar-refractivity contribution in [3.05, 3.63) is 0 Å². The molecule has 0 aliphatic heterocycles. The molecule has 0 amide bonds. The van der Waals surface area contributed by atoms with Gasteiger partial charge in [0.05, 0.1) is 0 Å². The van der Waals surface area contributed by atoms with Crippen molar-refractivity contribution in [1.29, 1.82) is 0 Å². The van der Waals surface area contributed by atoms with Crippen molar-refractivity contribution in [3.8, 4) is 0 Å². The molecule has 0 aromatic carbocycles. The van der Waals surface area contributed by atoms with E-state index in [1.54, 1.807) is 6.92 Å². The molecule has 2 nitrogen and oxygen atoms in total. The summed E-state index contributed by atoms with van der Waals surface area (Å²) in [7, 11) is 0. The summed E-state index contributed by atoms with van der Waals surface area (Å²) in [6.45, 7) is 11.2.